The minimum Gasteiger partial charge on any atom is -0.341 e. The first-order chi connectivity index (χ1) is 8.75. The first-order valence-corrected chi connectivity index (χ1v) is 6.04. The molecular formula is C15H15N3. The third-order valence-corrected chi connectivity index (χ3v) is 3.11. The van der Waals surface area contributed by atoms with E-state index in [0.29, 0.717) is 0 Å². The van der Waals surface area contributed by atoms with Crippen LogP contribution in [0.25, 0.3) is 22.0 Å². The number of aromatic amines is 1. The smallest absolute Gasteiger partial charge is 0.123 e. The average molecular weight is 237 g/mol. The molecule has 0 aliphatic rings. The van der Waals surface area contributed by atoms with Crippen LogP contribution in [0.1, 0.15) is 18.8 Å². The summed E-state index contributed by atoms with van der Waals surface area (Å²) < 4.78 is 0. The lowest BCUT2D eigenvalue weighted by Gasteiger charge is -2.04. The lowest BCUT2D eigenvalue weighted by atomic mass is 10.0. The Morgan fingerprint density at radius 1 is 1.11 bits per heavy atom. The number of nitrogens with one attached hydrogen (secondary N) is 1. The van der Waals surface area contributed by atoms with E-state index < -0.39 is 0 Å². The molecule has 1 heterocycles. The van der Waals surface area contributed by atoms with Crippen molar-refractivity contribution in [2.45, 2.75) is 13.0 Å². The highest BCUT2D eigenvalue weighted by molar-refractivity contribution is 5.95. The van der Waals surface area contributed by atoms with E-state index in [1.807, 2.05) is 19.2 Å². The van der Waals surface area contributed by atoms with Crippen LogP contribution in [0.5, 0.6) is 0 Å². The van der Waals surface area contributed by atoms with E-state index >= 15 is 0 Å². The summed E-state index contributed by atoms with van der Waals surface area (Å²) >= 11 is 0. The Bertz CT molecular complexity index is 678. The van der Waals surface area contributed by atoms with E-state index in [9.17, 15) is 0 Å². The maximum atomic E-state index is 5.82. The van der Waals surface area contributed by atoms with E-state index in [1.165, 1.54) is 10.8 Å². The third-order valence-electron chi connectivity index (χ3n) is 3.11. The van der Waals surface area contributed by atoms with Crippen LogP contribution in [0.3, 0.4) is 0 Å². The summed E-state index contributed by atoms with van der Waals surface area (Å²) in [7, 11) is 0. The highest BCUT2D eigenvalue weighted by atomic mass is 14.9. The van der Waals surface area contributed by atoms with E-state index in [-0.39, 0.29) is 6.04 Å². The van der Waals surface area contributed by atoms with Gasteiger partial charge in [-0.15, -0.1) is 0 Å². The number of hydrogen-bond acceptors (Lipinski definition) is 2. The molecule has 0 bridgehead atoms. The van der Waals surface area contributed by atoms with Gasteiger partial charge in [0.25, 0.3) is 0 Å². The van der Waals surface area contributed by atoms with Crippen LogP contribution in [-0.2, 0) is 0 Å². The molecule has 1 atom stereocenters. The molecule has 1 aromatic heterocycles. The lowest BCUT2D eigenvalue weighted by molar-refractivity contribution is 0.756. The zero-order chi connectivity index (χ0) is 12.5. The highest BCUT2D eigenvalue weighted by Crippen LogP contribution is 2.27. The summed E-state index contributed by atoms with van der Waals surface area (Å²) in [6.07, 6.45) is 1.85. The second-order valence-corrected chi connectivity index (χ2v) is 4.50. The van der Waals surface area contributed by atoms with Crippen molar-refractivity contribution < 1.29 is 0 Å². The highest BCUT2D eigenvalue weighted by Gasteiger charge is 2.08. The fourth-order valence-corrected chi connectivity index (χ4v) is 2.17. The molecule has 0 saturated heterocycles. The first-order valence-electron chi connectivity index (χ1n) is 6.04. The summed E-state index contributed by atoms with van der Waals surface area (Å²) in [5, 5.41) is 2.45. The van der Waals surface area contributed by atoms with Crippen molar-refractivity contribution in [3.05, 3.63) is 54.5 Å². The van der Waals surface area contributed by atoms with E-state index in [2.05, 4.69) is 46.4 Å². The molecule has 3 heteroatoms. The average Bonchev–Trinajstić information content (AvgIpc) is 2.87. The molecule has 0 aliphatic heterocycles. The van der Waals surface area contributed by atoms with Crippen molar-refractivity contribution in [2.75, 3.05) is 0 Å². The van der Waals surface area contributed by atoms with Crippen LogP contribution in [0.2, 0.25) is 0 Å². The number of aromatic nitrogens is 2. The lowest BCUT2D eigenvalue weighted by Crippen LogP contribution is -2.06. The van der Waals surface area contributed by atoms with Gasteiger partial charge in [-0.25, -0.2) is 4.98 Å². The number of fused-ring (bicyclic) bond motifs is 1. The molecule has 3 rings (SSSR count). The number of benzene rings is 2. The Morgan fingerprint density at radius 3 is 2.67 bits per heavy atom. The summed E-state index contributed by atoms with van der Waals surface area (Å²) in [5.74, 6) is 0.818. The van der Waals surface area contributed by atoms with Gasteiger partial charge in [-0.1, -0.05) is 42.5 Å². The van der Waals surface area contributed by atoms with Gasteiger partial charge < -0.3 is 10.7 Å². The number of nitrogens with zero attached hydrogens (tertiary/aromatic N) is 1. The fourth-order valence-electron chi connectivity index (χ4n) is 2.17. The standard InChI is InChI=1S/C15H15N3/c1-10(16)15-17-9-14(18-15)13-8-4-6-11-5-2-3-7-12(11)13/h2-10H,16H2,1H3,(H,17,18). The molecule has 0 saturated carbocycles. The molecule has 0 amide bonds. The van der Waals surface area contributed by atoms with Gasteiger partial charge in [-0.3, -0.25) is 0 Å². The van der Waals surface area contributed by atoms with Crippen molar-refractivity contribution in [3.8, 4) is 11.3 Å². The summed E-state index contributed by atoms with van der Waals surface area (Å²) in [6, 6.07) is 14.5. The number of imidazole rings is 1. The van der Waals surface area contributed by atoms with Gasteiger partial charge in [0.15, 0.2) is 0 Å². The minimum atomic E-state index is -0.0753. The third kappa shape index (κ3) is 1.79. The van der Waals surface area contributed by atoms with Crippen molar-refractivity contribution >= 4 is 10.8 Å². The van der Waals surface area contributed by atoms with Crippen LogP contribution in [-0.4, -0.2) is 9.97 Å². The molecule has 3 N–H and O–H groups in total. The summed E-state index contributed by atoms with van der Waals surface area (Å²) in [6.45, 7) is 1.92. The fraction of sp³-hybridized carbons (Fsp3) is 0.133. The number of nitrogens with two attached hydrogens (primary N) is 1. The number of rotatable bonds is 2. The number of H-pyrrole nitrogens is 1. The van der Waals surface area contributed by atoms with Gasteiger partial charge in [0.1, 0.15) is 5.82 Å². The molecule has 0 fully saturated rings. The van der Waals surface area contributed by atoms with Gasteiger partial charge in [0.2, 0.25) is 0 Å². The predicted molar refractivity (Wildman–Crippen MR) is 74.1 cm³/mol. The first kappa shape index (κ1) is 11.0. The van der Waals surface area contributed by atoms with E-state index in [4.69, 9.17) is 5.73 Å². The normalized spacial score (nSPS) is 12.8. The topological polar surface area (TPSA) is 54.7 Å². The van der Waals surface area contributed by atoms with E-state index in [0.717, 1.165) is 17.1 Å². The molecule has 90 valence electrons. The largest absolute Gasteiger partial charge is 0.341 e. The van der Waals surface area contributed by atoms with Gasteiger partial charge in [-0.05, 0) is 17.7 Å². The second-order valence-electron chi connectivity index (χ2n) is 4.50. The van der Waals surface area contributed by atoms with E-state index in [1.54, 1.807) is 0 Å². The Balaban J connectivity index is 2.18. The molecular weight excluding hydrogens is 222 g/mol. The molecule has 3 nitrogen and oxygen atoms in total. The van der Waals surface area contributed by atoms with Crippen LogP contribution >= 0.6 is 0 Å². The Hall–Kier alpha value is -2.13. The monoisotopic (exact) mass is 237 g/mol. The van der Waals surface area contributed by atoms with Crippen LogP contribution in [0.4, 0.5) is 0 Å². The predicted octanol–water partition coefficient (Wildman–Crippen LogP) is 3.25. The van der Waals surface area contributed by atoms with Gasteiger partial charge >= 0.3 is 0 Å². The van der Waals surface area contributed by atoms with Crippen LogP contribution in [0, 0.1) is 0 Å². The molecule has 2 aromatic carbocycles. The SMILES string of the molecule is CC(N)c1ncc(-c2cccc3ccccc23)[nH]1. The summed E-state index contributed by atoms with van der Waals surface area (Å²) in [5.41, 5.74) is 8.00. The quantitative estimate of drug-likeness (QED) is 0.718. The summed E-state index contributed by atoms with van der Waals surface area (Å²) in [4.78, 5) is 7.60. The Labute approximate surface area is 106 Å². The zero-order valence-corrected chi connectivity index (χ0v) is 10.2. The van der Waals surface area contributed by atoms with Crippen LogP contribution < -0.4 is 5.73 Å². The number of hydrogen-bond donors (Lipinski definition) is 2. The van der Waals surface area contributed by atoms with Crippen molar-refractivity contribution in [2.24, 2.45) is 5.73 Å². The molecule has 0 aliphatic carbocycles. The second kappa shape index (κ2) is 4.27. The van der Waals surface area contributed by atoms with Gasteiger partial charge in [0.05, 0.1) is 17.9 Å². The zero-order valence-electron chi connectivity index (χ0n) is 10.2. The maximum Gasteiger partial charge on any atom is 0.123 e. The molecule has 18 heavy (non-hydrogen) atoms. The van der Waals surface area contributed by atoms with Crippen molar-refractivity contribution in [1.82, 2.24) is 9.97 Å². The maximum absolute atomic E-state index is 5.82. The van der Waals surface area contributed by atoms with Gasteiger partial charge in [0, 0.05) is 5.56 Å². The Kier molecular flexibility index (Phi) is 2.61. The molecule has 0 radical (unpaired) electrons. The molecule has 0 spiro atoms. The molecule has 3 aromatic rings. The Morgan fingerprint density at radius 2 is 1.89 bits per heavy atom. The van der Waals surface area contributed by atoms with Crippen molar-refractivity contribution in [1.29, 1.82) is 0 Å². The molecule has 1 unspecified atom stereocenters. The minimum absolute atomic E-state index is 0.0753. The van der Waals surface area contributed by atoms with Crippen LogP contribution in [0.15, 0.2) is 48.7 Å². The van der Waals surface area contributed by atoms with Gasteiger partial charge in [-0.2, -0.15) is 0 Å². The van der Waals surface area contributed by atoms with Crippen molar-refractivity contribution in [3.63, 3.8) is 0 Å².